The zero-order valence-corrected chi connectivity index (χ0v) is 22.5. The number of carbonyl (C=O) groups is 1. The van der Waals surface area contributed by atoms with E-state index in [1.165, 1.54) is 23.1 Å². The Morgan fingerprint density at radius 3 is 2.42 bits per heavy atom. The Bertz CT molecular complexity index is 1630. The van der Waals surface area contributed by atoms with Gasteiger partial charge < -0.3 is 10.1 Å². The lowest BCUT2D eigenvalue weighted by Gasteiger charge is -2.15. The summed E-state index contributed by atoms with van der Waals surface area (Å²) in [6.45, 7) is 4.33. The number of thiazole rings is 1. The number of aromatic nitrogens is 2. The number of amides is 1. The molecule has 188 valence electrons. The average molecular weight is 537 g/mol. The van der Waals surface area contributed by atoms with Gasteiger partial charge in [0, 0.05) is 11.1 Å². The Labute approximate surface area is 229 Å². The predicted molar refractivity (Wildman–Crippen MR) is 155 cm³/mol. The molecule has 0 fully saturated rings. The number of anilines is 1. The Morgan fingerprint density at radius 1 is 1.03 bits per heavy atom. The molecule has 5 aromatic rings. The van der Waals surface area contributed by atoms with E-state index in [0.717, 1.165) is 38.4 Å². The number of nitriles is 1. The molecule has 2 heterocycles. The highest BCUT2D eigenvalue weighted by molar-refractivity contribution is 8.00. The molecule has 6 nitrogen and oxygen atoms in total. The number of nitrogens with one attached hydrogen (secondary N) is 1. The van der Waals surface area contributed by atoms with Crippen LogP contribution in [-0.2, 0) is 4.79 Å². The minimum Gasteiger partial charge on any atom is -0.494 e. The number of hydrogen-bond acceptors (Lipinski definition) is 7. The van der Waals surface area contributed by atoms with E-state index in [1.54, 1.807) is 6.92 Å². The molecule has 1 N–H and O–H groups in total. The summed E-state index contributed by atoms with van der Waals surface area (Å²) in [7, 11) is 0. The van der Waals surface area contributed by atoms with Gasteiger partial charge in [0.15, 0.2) is 5.13 Å². The Balaban J connectivity index is 1.44. The number of fused-ring (bicyclic) bond motifs is 1. The summed E-state index contributed by atoms with van der Waals surface area (Å²) in [5, 5.41) is 13.6. The first-order chi connectivity index (χ1) is 18.6. The van der Waals surface area contributed by atoms with Crippen LogP contribution in [0, 0.1) is 11.3 Å². The number of thioether (sulfide) groups is 1. The highest BCUT2D eigenvalue weighted by Crippen LogP contribution is 2.36. The van der Waals surface area contributed by atoms with E-state index in [9.17, 15) is 10.1 Å². The summed E-state index contributed by atoms with van der Waals surface area (Å²) in [4.78, 5) is 22.5. The molecule has 2 aromatic heterocycles. The van der Waals surface area contributed by atoms with Crippen LogP contribution in [0.15, 0.2) is 90.0 Å². The number of carbonyl (C=O) groups excluding carboxylic acids is 1. The van der Waals surface area contributed by atoms with Crippen molar-refractivity contribution in [3.63, 3.8) is 0 Å². The van der Waals surface area contributed by atoms with Crippen LogP contribution in [0.2, 0.25) is 0 Å². The van der Waals surface area contributed by atoms with Gasteiger partial charge in [-0.2, -0.15) is 5.26 Å². The average Bonchev–Trinajstić information content (AvgIpc) is 3.35. The van der Waals surface area contributed by atoms with Crippen molar-refractivity contribution in [2.24, 2.45) is 0 Å². The fourth-order valence-electron chi connectivity index (χ4n) is 3.96. The molecule has 0 aliphatic carbocycles. The minimum atomic E-state index is -0.518. The monoisotopic (exact) mass is 536 g/mol. The van der Waals surface area contributed by atoms with Gasteiger partial charge in [-0.3, -0.25) is 4.79 Å². The van der Waals surface area contributed by atoms with E-state index in [-0.39, 0.29) is 5.91 Å². The van der Waals surface area contributed by atoms with Gasteiger partial charge in [-0.25, -0.2) is 9.97 Å². The van der Waals surface area contributed by atoms with Gasteiger partial charge in [0.1, 0.15) is 16.8 Å². The highest BCUT2D eigenvalue weighted by atomic mass is 32.2. The van der Waals surface area contributed by atoms with Gasteiger partial charge in [-0.1, -0.05) is 83.8 Å². The summed E-state index contributed by atoms with van der Waals surface area (Å²) in [5.41, 5.74) is 4.63. The van der Waals surface area contributed by atoms with Crippen LogP contribution in [0.1, 0.15) is 19.4 Å². The summed E-state index contributed by atoms with van der Waals surface area (Å²) in [5.74, 6) is 0.559. The smallest absolute Gasteiger partial charge is 0.239 e. The van der Waals surface area contributed by atoms with E-state index in [4.69, 9.17) is 9.72 Å². The van der Waals surface area contributed by atoms with Gasteiger partial charge in [0.2, 0.25) is 5.91 Å². The lowest BCUT2D eigenvalue weighted by molar-refractivity contribution is -0.115. The molecule has 1 atom stereocenters. The number of hydrogen-bond donors (Lipinski definition) is 1. The van der Waals surface area contributed by atoms with Gasteiger partial charge >= 0.3 is 0 Å². The number of pyridine rings is 1. The van der Waals surface area contributed by atoms with Gasteiger partial charge in [0.05, 0.1) is 33.3 Å². The van der Waals surface area contributed by atoms with Gasteiger partial charge in [0.25, 0.3) is 0 Å². The third-order valence-electron chi connectivity index (χ3n) is 5.81. The van der Waals surface area contributed by atoms with Crippen molar-refractivity contribution in [3.05, 3.63) is 90.5 Å². The second-order valence-electron chi connectivity index (χ2n) is 8.41. The van der Waals surface area contributed by atoms with Crippen LogP contribution in [0.4, 0.5) is 5.13 Å². The molecule has 0 spiro atoms. The second-order valence-corrected chi connectivity index (χ2v) is 10.8. The molecule has 0 radical (unpaired) electrons. The quantitative estimate of drug-likeness (QED) is 0.208. The molecule has 0 aliphatic rings. The van der Waals surface area contributed by atoms with Crippen molar-refractivity contribution in [2.75, 3.05) is 11.9 Å². The summed E-state index contributed by atoms with van der Waals surface area (Å²) >= 11 is 2.66. The summed E-state index contributed by atoms with van der Waals surface area (Å²) < 4.78 is 6.50. The highest BCUT2D eigenvalue weighted by Gasteiger charge is 2.22. The zero-order valence-electron chi connectivity index (χ0n) is 20.8. The number of rotatable bonds is 8. The zero-order chi connectivity index (χ0) is 26.5. The lowest BCUT2D eigenvalue weighted by Crippen LogP contribution is -2.22. The molecule has 5 rings (SSSR count). The largest absolute Gasteiger partial charge is 0.494 e. The molecule has 1 amide bonds. The molecule has 8 heteroatoms. The van der Waals surface area contributed by atoms with E-state index < -0.39 is 5.25 Å². The number of benzene rings is 3. The second kappa shape index (κ2) is 11.5. The first-order valence-electron chi connectivity index (χ1n) is 12.1. The maximum atomic E-state index is 13.2. The predicted octanol–water partition coefficient (Wildman–Crippen LogP) is 7.41. The van der Waals surface area contributed by atoms with E-state index in [0.29, 0.717) is 22.3 Å². The molecule has 3 aromatic carbocycles. The first-order valence-corrected chi connectivity index (χ1v) is 13.8. The van der Waals surface area contributed by atoms with Crippen LogP contribution in [0.25, 0.3) is 32.6 Å². The van der Waals surface area contributed by atoms with Crippen molar-refractivity contribution in [1.82, 2.24) is 9.97 Å². The third kappa shape index (κ3) is 5.54. The molecular formula is C30H24N4O2S2. The van der Waals surface area contributed by atoms with Crippen LogP contribution in [-0.4, -0.2) is 27.7 Å². The van der Waals surface area contributed by atoms with Gasteiger partial charge in [-0.15, -0.1) is 0 Å². The maximum absolute atomic E-state index is 13.2. The lowest BCUT2D eigenvalue weighted by atomic mass is 9.99. The maximum Gasteiger partial charge on any atom is 0.239 e. The van der Waals surface area contributed by atoms with Crippen molar-refractivity contribution in [1.29, 1.82) is 5.26 Å². The van der Waals surface area contributed by atoms with Crippen molar-refractivity contribution < 1.29 is 9.53 Å². The Kier molecular flexibility index (Phi) is 7.68. The normalized spacial score (nSPS) is 11.6. The molecule has 1 unspecified atom stereocenters. The Morgan fingerprint density at radius 2 is 1.74 bits per heavy atom. The fourth-order valence-corrected chi connectivity index (χ4v) is 5.78. The van der Waals surface area contributed by atoms with Crippen LogP contribution < -0.4 is 10.1 Å². The molecule has 0 bridgehead atoms. The van der Waals surface area contributed by atoms with Crippen molar-refractivity contribution in [3.8, 4) is 34.2 Å². The summed E-state index contributed by atoms with van der Waals surface area (Å²) in [6.07, 6.45) is 0. The minimum absolute atomic E-state index is 0.212. The number of nitrogens with zero attached hydrogens (tertiary/aromatic N) is 3. The van der Waals surface area contributed by atoms with Crippen LogP contribution in [0.5, 0.6) is 5.75 Å². The number of ether oxygens (including phenoxy) is 1. The molecular weight excluding hydrogens is 512 g/mol. The molecule has 0 aliphatic heterocycles. The van der Waals surface area contributed by atoms with Crippen LogP contribution >= 0.6 is 23.1 Å². The van der Waals surface area contributed by atoms with Gasteiger partial charge in [-0.05, 0) is 43.7 Å². The molecule has 0 saturated heterocycles. The van der Waals surface area contributed by atoms with E-state index >= 15 is 0 Å². The van der Waals surface area contributed by atoms with E-state index in [2.05, 4.69) is 16.4 Å². The van der Waals surface area contributed by atoms with Crippen molar-refractivity contribution >= 4 is 44.4 Å². The topological polar surface area (TPSA) is 87.9 Å². The third-order valence-corrected chi connectivity index (χ3v) is 7.83. The summed E-state index contributed by atoms with van der Waals surface area (Å²) in [6, 6.07) is 29.5. The Hall–Kier alpha value is -4.19. The fraction of sp³-hybridized carbons (Fsp3) is 0.133. The molecule has 38 heavy (non-hydrogen) atoms. The standard InChI is InChI=1S/C30H24N4O2S2/c1-3-36-22-14-15-25-27(16-22)38-30(33-25)34-28(35)19(2)37-29-24(18-31)23(20-10-6-4-7-11-20)17-26(32-29)21-12-8-5-9-13-21/h4-17,19H,3H2,1-2H3,(H,33,34,35). The van der Waals surface area contributed by atoms with Crippen LogP contribution in [0.3, 0.4) is 0 Å². The molecule has 0 saturated carbocycles. The first kappa shape index (κ1) is 25.5. The van der Waals surface area contributed by atoms with E-state index in [1.807, 2.05) is 91.9 Å². The SMILES string of the molecule is CCOc1ccc2nc(NC(=O)C(C)Sc3nc(-c4ccccc4)cc(-c4ccccc4)c3C#N)sc2c1. The van der Waals surface area contributed by atoms with Crippen molar-refractivity contribution in [2.45, 2.75) is 24.1 Å².